The maximum Gasteiger partial charge on any atom is 0.165 e. The first kappa shape index (κ1) is 14.0. The average Bonchev–Trinajstić information content (AvgIpc) is 2.27. The van der Waals surface area contributed by atoms with E-state index in [1.807, 2.05) is 13.0 Å². The van der Waals surface area contributed by atoms with Gasteiger partial charge in [-0.2, -0.15) is 0 Å². The van der Waals surface area contributed by atoms with Crippen molar-refractivity contribution in [2.24, 2.45) is 5.73 Å². The lowest BCUT2D eigenvalue weighted by molar-refractivity contribution is 0.333. The second kappa shape index (κ2) is 6.62. The second-order valence-corrected chi connectivity index (χ2v) is 4.44. The molecule has 0 aliphatic rings. The van der Waals surface area contributed by atoms with Crippen LogP contribution in [0, 0.1) is 5.82 Å². The SMILES string of the molecule is C=C(Cl)COc1c(F)cccc1CC(N)CC. The number of benzene rings is 1. The highest BCUT2D eigenvalue weighted by atomic mass is 35.5. The summed E-state index contributed by atoms with van der Waals surface area (Å²) in [5, 5.41) is 0.332. The standard InChI is InChI=1S/C13H17ClFNO/c1-3-11(16)7-10-5-4-6-12(15)13(10)17-8-9(2)14/h4-6,11H,2-3,7-8,16H2,1H3. The zero-order valence-electron chi connectivity index (χ0n) is 9.88. The van der Waals surface area contributed by atoms with Crippen LogP contribution in [0.3, 0.4) is 0 Å². The van der Waals surface area contributed by atoms with Crippen LogP contribution in [0.15, 0.2) is 29.8 Å². The second-order valence-electron chi connectivity index (χ2n) is 3.91. The summed E-state index contributed by atoms with van der Waals surface area (Å²) in [4.78, 5) is 0. The van der Waals surface area contributed by atoms with Crippen LogP contribution in [0.5, 0.6) is 5.75 Å². The lowest BCUT2D eigenvalue weighted by Crippen LogP contribution is -2.22. The van der Waals surface area contributed by atoms with Crippen molar-refractivity contribution in [2.45, 2.75) is 25.8 Å². The summed E-state index contributed by atoms with van der Waals surface area (Å²) >= 11 is 5.60. The molecule has 4 heteroatoms. The highest BCUT2D eigenvalue weighted by molar-refractivity contribution is 6.29. The van der Waals surface area contributed by atoms with Crippen LogP contribution in [-0.2, 0) is 6.42 Å². The largest absolute Gasteiger partial charge is 0.485 e. The molecule has 1 aromatic rings. The minimum Gasteiger partial charge on any atom is -0.485 e. The minimum atomic E-state index is -0.399. The molecule has 0 heterocycles. The van der Waals surface area contributed by atoms with Crippen molar-refractivity contribution >= 4 is 11.6 Å². The maximum atomic E-state index is 13.6. The average molecular weight is 258 g/mol. The molecule has 0 spiro atoms. The third-order valence-electron chi connectivity index (χ3n) is 2.43. The van der Waals surface area contributed by atoms with E-state index >= 15 is 0 Å². The number of rotatable bonds is 6. The molecule has 0 saturated carbocycles. The van der Waals surface area contributed by atoms with Crippen LogP contribution < -0.4 is 10.5 Å². The molecule has 0 fully saturated rings. The van der Waals surface area contributed by atoms with Crippen molar-refractivity contribution in [3.8, 4) is 5.75 Å². The minimum absolute atomic E-state index is 0.00152. The Kier molecular flexibility index (Phi) is 5.45. The number of ether oxygens (including phenoxy) is 1. The van der Waals surface area contributed by atoms with E-state index in [0.29, 0.717) is 11.5 Å². The van der Waals surface area contributed by atoms with E-state index in [1.54, 1.807) is 6.07 Å². The Bertz CT molecular complexity index is 395. The topological polar surface area (TPSA) is 35.2 Å². The first-order valence-corrected chi connectivity index (χ1v) is 5.91. The van der Waals surface area contributed by atoms with Gasteiger partial charge in [0.15, 0.2) is 11.6 Å². The molecule has 0 bridgehead atoms. The Hall–Kier alpha value is -1.06. The van der Waals surface area contributed by atoms with Crippen molar-refractivity contribution in [2.75, 3.05) is 6.61 Å². The Morgan fingerprint density at radius 1 is 1.59 bits per heavy atom. The van der Waals surface area contributed by atoms with Gasteiger partial charge < -0.3 is 10.5 Å². The molecule has 1 rings (SSSR count). The van der Waals surface area contributed by atoms with E-state index in [1.165, 1.54) is 6.07 Å². The summed E-state index contributed by atoms with van der Waals surface area (Å²) < 4.78 is 18.9. The van der Waals surface area contributed by atoms with E-state index in [4.69, 9.17) is 22.1 Å². The molecule has 0 radical (unpaired) electrons. The lowest BCUT2D eigenvalue weighted by Gasteiger charge is -2.14. The molecule has 0 aliphatic carbocycles. The molecule has 0 saturated heterocycles. The summed E-state index contributed by atoms with van der Waals surface area (Å²) in [6, 6.07) is 4.81. The van der Waals surface area contributed by atoms with Crippen molar-refractivity contribution in [1.29, 1.82) is 0 Å². The zero-order valence-corrected chi connectivity index (χ0v) is 10.6. The molecule has 0 aromatic heterocycles. The summed E-state index contributed by atoms with van der Waals surface area (Å²) in [6.45, 7) is 5.59. The van der Waals surface area contributed by atoms with Gasteiger partial charge in [0.05, 0.1) is 0 Å². The molecule has 1 aromatic carbocycles. The summed E-state index contributed by atoms with van der Waals surface area (Å²) in [7, 11) is 0. The van der Waals surface area contributed by atoms with Crippen molar-refractivity contribution in [3.05, 3.63) is 41.2 Å². The monoisotopic (exact) mass is 257 g/mol. The molecular formula is C13H17ClFNO. The maximum absolute atomic E-state index is 13.6. The first-order chi connectivity index (χ1) is 8.04. The quantitative estimate of drug-likeness (QED) is 0.849. The van der Waals surface area contributed by atoms with Crippen molar-refractivity contribution in [3.63, 3.8) is 0 Å². The van der Waals surface area contributed by atoms with Gasteiger partial charge in [0, 0.05) is 11.1 Å². The van der Waals surface area contributed by atoms with Crippen LogP contribution in [-0.4, -0.2) is 12.6 Å². The third-order valence-corrected chi connectivity index (χ3v) is 2.54. The number of halogens is 2. The predicted molar refractivity (Wildman–Crippen MR) is 68.9 cm³/mol. The van der Waals surface area contributed by atoms with Gasteiger partial charge in [-0.1, -0.05) is 37.2 Å². The van der Waals surface area contributed by atoms with Crippen molar-refractivity contribution < 1.29 is 9.13 Å². The van der Waals surface area contributed by atoms with Crippen LogP contribution >= 0.6 is 11.6 Å². The predicted octanol–water partition coefficient (Wildman–Crippen LogP) is 3.24. The molecule has 2 nitrogen and oxygen atoms in total. The van der Waals surface area contributed by atoms with Gasteiger partial charge in [0.25, 0.3) is 0 Å². The molecular weight excluding hydrogens is 241 g/mol. The van der Waals surface area contributed by atoms with Crippen LogP contribution in [0.1, 0.15) is 18.9 Å². The smallest absolute Gasteiger partial charge is 0.165 e. The highest BCUT2D eigenvalue weighted by Crippen LogP contribution is 2.24. The van der Waals surface area contributed by atoms with Gasteiger partial charge >= 0.3 is 0 Å². The summed E-state index contributed by atoms with van der Waals surface area (Å²) in [6.07, 6.45) is 1.41. The Morgan fingerprint density at radius 2 is 2.29 bits per heavy atom. The number of hydrogen-bond donors (Lipinski definition) is 1. The summed E-state index contributed by atoms with van der Waals surface area (Å²) in [5.74, 6) is -0.179. The number of hydrogen-bond acceptors (Lipinski definition) is 2. The fraction of sp³-hybridized carbons (Fsp3) is 0.385. The molecule has 2 N–H and O–H groups in total. The fourth-order valence-corrected chi connectivity index (χ4v) is 1.51. The van der Waals surface area contributed by atoms with Crippen LogP contribution in [0.2, 0.25) is 0 Å². The van der Waals surface area contributed by atoms with Gasteiger partial charge in [0.1, 0.15) is 6.61 Å². The van der Waals surface area contributed by atoms with Crippen LogP contribution in [0.4, 0.5) is 4.39 Å². The van der Waals surface area contributed by atoms with E-state index in [-0.39, 0.29) is 18.4 Å². The summed E-state index contributed by atoms with van der Waals surface area (Å²) in [5.41, 5.74) is 6.62. The van der Waals surface area contributed by atoms with E-state index in [2.05, 4.69) is 6.58 Å². The molecule has 1 unspecified atom stereocenters. The van der Waals surface area contributed by atoms with E-state index < -0.39 is 5.82 Å². The number of para-hydroxylation sites is 1. The Balaban J connectivity index is 2.87. The van der Waals surface area contributed by atoms with E-state index in [9.17, 15) is 4.39 Å². The molecule has 17 heavy (non-hydrogen) atoms. The Labute approximate surface area is 106 Å². The van der Waals surface area contributed by atoms with Gasteiger partial charge in [-0.25, -0.2) is 4.39 Å². The Morgan fingerprint density at radius 3 is 2.88 bits per heavy atom. The first-order valence-electron chi connectivity index (χ1n) is 5.53. The third kappa shape index (κ3) is 4.36. The normalized spacial score (nSPS) is 12.2. The number of nitrogens with two attached hydrogens (primary N) is 1. The van der Waals surface area contributed by atoms with Crippen molar-refractivity contribution in [1.82, 2.24) is 0 Å². The zero-order chi connectivity index (χ0) is 12.8. The fourth-order valence-electron chi connectivity index (χ4n) is 1.45. The van der Waals surface area contributed by atoms with Gasteiger partial charge in [0.2, 0.25) is 0 Å². The van der Waals surface area contributed by atoms with Crippen LogP contribution in [0.25, 0.3) is 0 Å². The van der Waals surface area contributed by atoms with Gasteiger partial charge in [-0.15, -0.1) is 0 Å². The van der Waals surface area contributed by atoms with E-state index in [0.717, 1.165) is 12.0 Å². The molecule has 0 amide bonds. The molecule has 0 aliphatic heterocycles. The molecule has 1 atom stereocenters. The van der Waals surface area contributed by atoms with Gasteiger partial charge in [-0.05, 0) is 24.5 Å². The van der Waals surface area contributed by atoms with Gasteiger partial charge in [-0.3, -0.25) is 0 Å². The molecule has 94 valence electrons. The highest BCUT2D eigenvalue weighted by Gasteiger charge is 2.12. The lowest BCUT2D eigenvalue weighted by atomic mass is 10.0.